The lowest BCUT2D eigenvalue weighted by Crippen LogP contribution is -2.23. The van der Waals surface area contributed by atoms with Gasteiger partial charge in [0, 0.05) is 24.1 Å². The van der Waals surface area contributed by atoms with Crippen LogP contribution >= 0.6 is 34.4 Å². The van der Waals surface area contributed by atoms with Crippen LogP contribution in [-0.4, -0.2) is 27.1 Å². The lowest BCUT2D eigenvalue weighted by atomic mass is 10.1. The molecule has 1 amide bonds. The first-order valence-corrected chi connectivity index (χ1v) is 11.7. The van der Waals surface area contributed by atoms with Crippen LogP contribution in [0.5, 0.6) is 0 Å². The number of carbonyl (C=O) groups is 1. The van der Waals surface area contributed by atoms with Crippen LogP contribution in [0, 0.1) is 0 Å². The van der Waals surface area contributed by atoms with Gasteiger partial charge in [0.2, 0.25) is 11.0 Å². The number of nitrogens with one attached hydrogen (secondary N) is 1. The molecule has 2 aromatic heterocycles. The number of amides is 1. The molecule has 0 aliphatic rings. The molecular formula is C19H23N5OS3. The topological polar surface area (TPSA) is 71.0 Å². The number of aryl methyl sites for hydroxylation is 1. The normalized spacial score (nSPS) is 11.0. The molecule has 0 spiro atoms. The third-order valence-electron chi connectivity index (χ3n) is 3.82. The highest BCUT2D eigenvalue weighted by atomic mass is 32.2. The molecule has 0 fully saturated rings. The number of hydrogen-bond acceptors (Lipinski definition) is 8. The summed E-state index contributed by atoms with van der Waals surface area (Å²) in [5.74, 6) is 0.650. The van der Waals surface area contributed by atoms with Crippen LogP contribution < -0.4 is 10.2 Å². The van der Waals surface area contributed by atoms with Crippen LogP contribution in [-0.2, 0) is 17.0 Å². The lowest BCUT2D eigenvalue weighted by Gasteiger charge is -2.20. The van der Waals surface area contributed by atoms with Crippen molar-refractivity contribution in [3.8, 4) is 0 Å². The minimum atomic E-state index is -0.0389. The maximum Gasteiger partial charge on any atom is 0.230 e. The maximum atomic E-state index is 12.4. The number of nitrogens with zero attached hydrogens (tertiary/aromatic N) is 4. The first-order chi connectivity index (χ1) is 13.5. The lowest BCUT2D eigenvalue weighted by molar-refractivity contribution is -0.115. The van der Waals surface area contributed by atoms with Crippen molar-refractivity contribution >= 4 is 56.3 Å². The van der Waals surface area contributed by atoms with Gasteiger partial charge < -0.3 is 5.32 Å². The minimum Gasteiger partial charge on any atom is -0.358 e. The summed E-state index contributed by atoms with van der Waals surface area (Å²) in [6.45, 7) is 7.81. The molecule has 0 atom stereocenters. The van der Waals surface area contributed by atoms with Gasteiger partial charge in [0.05, 0.1) is 11.4 Å². The Hall–Kier alpha value is -1.97. The quantitative estimate of drug-likeness (QED) is 0.483. The molecule has 0 unspecified atom stereocenters. The predicted molar refractivity (Wildman–Crippen MR) is 119 cm³/mol. The second-order valence-electron chi connectivity index (χ2n) is 6.42. The summed E-state index contributed by atoms with van der Waals surface area (Å²) in [5.41, 5.74) is 2.96. The zero-order chi connectivity index (χ0) is 20.1. The molecule has 0 radical (unpaired) electrons. The second kappa shape index (κ2) is 9.49. The molecular weight excluding hydrogens is 410 g/mol. The Bertz CT molecular complexity index is 937. The molecule has 0 saturated heterocycles. The summed E-state index contributed by atoms with van der Waals surface area (Å²) in [6.07, 6.45) is 0.859. The van der Waals surface area contributed by atoms with Crippen LogP contribution in [0.1, 0.15) is 39.0 Å². The summed E-state index contributed by atoms with van der Waals surface area (Å²) in [6, 6.07) is 8.30. The molecule has 2 heterocycles. The molecule has 1 N–H and O–H groups in total. The van der Waals surface area contributed by atoms with E-state index in [0.29, 0.717) is 16.9 Å². The first kappa shape index (κ1) is 20.8. The Kier molecular flexibility index (Phi) is 7.03. The van der Waals surface area contributed by atoms with E-state index >= 15 is 0 Å². The summed E-state index contributed by atoms with van der Waals surface area (Å²) in [5, 5.41) is 15.1. The van der Waals surface area contributed by atoms with Crippen LogP contribution in [0.15, 0.2) is 34.0 Å². The molecule has 3 aromatic rings. The number of benzene rings is 1. The van der Waals surface area contributed by atoms with E-state index in [2.05, 4.69) is 36.3 Å². The van der Waals surface area contributed by atoms with E-state index in [1.807, 2.05) is 29.6 Å². The zero-order valence-corrected chi connectivity index (χ0v) is 18.7. The number of rotatable bonds is 8. The smallest absolute Gasteiger partial charge is 0.230 e. The van der Waals surface area contributed by atoms with Gasteiger partial charge in [-0.1, -0.05) is 48.2 Å². The van der Waals surface area contributed by atoms with E-state index < -0.39 is 0 Å². The van der Waals surface area contributed by atoms with Crippen molar-refractivity contribution in [2.75, 3.05) is 10.2 Å². The first-order valence-electron chi connectivity index (χ1n) is 9.03. The number of anilines is 3. The SMILES string of the molecule is CCc1ccccc1N(C(C)=O)c1nc(CSc2nnc(NC(C)C)s2)cs1. The van der Waals surface area contributed by atoms with E-state index in [0.717, 1.165) is 32.8 Å². The zero-order valence-electron chi connectivity index (χ0n) is 16.3. The largest absolute Gasteiger partial charge is 0.358 e. The van der Waals surface area contributed by atoms with Crippen molar-refractivity contribution in [3.05, 3.63) is 40.9 Å². The Morgan fingerprint density at radius 1 is 1.29 bits per heavy atom. The molecule has 3 rings (SSSR count). The fourth-order valence-electron chi connectivity index (χ4n) is 2.61. The Morgan fingerprint density at radius 2 is 2.07 bits per heavy atom. The van der Waals surface area contributed by atoms with Crippen LogP contribution in [0.25, 0.3) is 0 Å². The van der Waals surface area contributed by atoms with Gasteiger partial charge in [0.15, 0.2) is 9.47 Å². The van der Waals surface area contributed by atoms with E-state index in [1.165, 1.54) is 11.3 Å². The van der Waals surface area contributed by atoms with Gasteiger partial charge in [-0.15, -0.1) is 21.5 Å². The Morgan fingerprint density at radius 3 is 2.79 bits per heavy atom. The number of thiazole rings is 1. The van der Waals surface area contributed by atoms with Gasteiger partial charge in [-0.25, -0.2) is 4.98 Å². The van der Waals surface area contributed by atoms with E-state index in [1.54, 1.807) is 34.9 Å². The third kappa shape index (κ3) is 5.09. The molecule has 0 saturated carbocycles. The highest BCUT2D eigenvalue weighted by molar-refractivity contribution is 8.00. The van der Waals surface area contributed by atoms with Crippen LogP contribution in [0.2, 0.25) is 0 Å². The van der Waals surface area contributed by atoms with Crippen LogP contribution in [0.3, 0.4) is 0 Å². The van der Waals surface area contributed by atoms with Crippen molar-refractivity contribution in [3.63, 3.8) is 0 Å². The number of carbonyl (C=O) groups excluding carboxylic acids is 1. The predicted octanol–water partition coefficient (Wildman–Crippen LogP) is 5.35. The van der Waals surface area contributed by atoms with E-state index in [9.17, 15) is 4.79 Å². The molecule has 1 aromatic carbocycles. The molecule has 0 aliphatic carbocycles. The van der Waals surface area contributed by atoms with Gasteiger partial charge in [0.25, 0.3) is 0 Å². The van der Waals surface area contributed by atoms with E-state index in [-0.39, 0.29) is 5.91 Å². The second-order valence-corrected chi connectivity index (χ2v) is 9.46. The maximum absolute atomic E-state index is 12.4. The van der Waals surface area contributed by atoms with Crippen molar-refractivity contribution in [2.45, 2.75) is 50.3 Å². The van der Waals surface area contributed by atoms with Crippen molar-refractivity contribution in [1.29, 1.82) is 0 Å². The number of hydrogen-bond donors (Lipinski definition) is 1. The third-order valence-corrected chi connectivity index (χ3v) is 6.72. The monoisotopic (exact) mass is 433 g/mol. The highest BCUT2D eigenvalue weighted by Crippen LogP contribution is 2.34. The number of para-hydroxylation sites is 1. The number of aromatic nitrogens is 3. The summed E-state index contributed by atoms with van der Waals surface area (Å²) in [4.78, 5) is 18.8. The molecule has 0 bridgehead atoms. The van der Waals surface area contributed by atoms with Gasteiger partial charge in [0.1, 0.15) is 0 Å². The minimum absolute atomic E-state index is 0.0389. The van der Waals surface area contributed by atoms with Crippen molar-refractivity contribution < 1.29 is 4.79 Å². The average molecular weight is 434 g/mol. The van der Waals surface area contributed by atoms with Gasteiger partial charge in [-0.05, 0) is 31.9 Å². The molecule has 6 nitrogen and oxygen atoms in total. The highest BCUT2D eigenvalue weighted by Gasteiger charge is 2.20. The standard InChI is InChI=1S/C19H23N5OS3/c1-5-14-8-6-7-9-16(14)24(13(4)25)18-21-15(10-26-18)11-27-19-23-22-17(28-19)20-12(2)3/h6-10,12H,5,11H2,1-4H3,(H,20,22). The Balaban J connectivity index is 1.73. The summed E-state index contributed by atoms with van der Waals surface area (Å²) < 4.78 is 0.900. The Labute approximate surface area is 177 Å². The molecule has 9 heteroatoms. The van der Waals surface area contributed by atoms with Crippen molar-refractivity contribution in [2.24, 2.45) is 0 Å². The van der Waals surface area contributed by atoms with E-state index in [4.69, 9.17) is 4.98 Å². The molecule has 0 aliphatic heterocycles. The fraction of sp³-hybridized carbons (Fsp3) is 0.368. The van der Waals surface area contributed by atoms with Gasteiger partial charge >= 0.3 is 0 Å². The fourth-order valence-corrected chi connectivity index (χ4v) is 5.39. The van der Waals surface area contributed by atoms with Crippen molar-refractivity contribution in [1.82, 2.24) is 15.2 Å². The summed E-state index contributed by atoms with van der Waals surface area (Å²) in [7, 11) is 0. The molecule has 148 valence electrons. The average Bonchev–Trinajstić information content (AvgIpc) is 3.29. The molecule has 28 heavy (non-hydrogen) atoms. The van der Waals surface area contributed by atoms with Crippen LogP contribution in [0.4, 0.5) is 16.0 Å². The van der Waals surface area contributed by atoms with Gasteiger partial charge in [-0.2, -0.15) is 0 Å². The summed E-state index contributed by atoms with van der Waals surface area (Å²) >= 11 is 4.63. The number of thioether (sulfide) groups is 1. The van der Waals surface area contributed by atoms with Gasteiger partial charge in [-0.3, -0.25) is 9.69 Å².